The Morgan fingerprint density at radius 3 is 2.84 bits per heavy atom. The van der Waals surface area contributed by atoms with Gasteiger partial charge in [0.1, 0.15) is 0 Å². The number of aryl methyl sites for hydroxylation is 2. The summed E-state index contributed by atoms with van der Waals surface area (Å²) in [6, 6.07) is 5.83. The van der Waals surface area contributed by atoms with Gasteiger partial charge in [-0.25, -0.2) is 4.79 Å². The van der Waals surface area contributed by atoms with Crippen LogP contribution in [0.25, 0.3) is 10.9 Å². The number of carbonyl (C=O) groups is 1. The molecule has 1 aromatic carbocycles. The van der Waals surface area contributed by atoms with Gasteiger partial charge in [0.15, 0.2) is 0 Å². The summed E-state index contributed by atoms with van der Waals surface area (Å²) in [4.78, 5) is 15.7. The van der Waals surface area contributed by atoms with Crippen molar-refractivity contribution in [1.29, 1.82) is 0 Å². The Hall–Kier alpha value is -1.77. The number of fused-ring (bicyclic) bond motifs is 3. The monoisotopic (exact) mass is 257 g/mol. The van der Waals surface area contributed by atoms with E-state index >= 15 is 0 Å². The minimum Gasteiger partial charge on any atom is -0.459 e. The molecule has 1 heterocycles. The van der Waals surface area contributed by atoms with E-state index in [1.807, 2.05) is 32.0 Å². The van der Waals surface area contributed by atoms with Gasteiger partial charge < -0.3 is 9.72 Å². The third-order valence-electron chi connectivity index (χ3n) is 3.68. The highest BCUT2D eigenvalue weighted by Crippen LogP contribution is 2.31. The highest BCUT2D eigenvalue weighted by molar-refractivity contribution is 6.05. The summed E-state index contributed by atoms with van der Waals surface area (Å²) < 4.78 is 5.35. The number of nitrogens with one attached hydrogen (secondary N) is 1. The second kappa shape index (κ2) is 4.72. The predicted molar refractivity (Wildman–Crippen MR) is 75.5 cm³/mol. The lowest BCUT2D eigenvalue weighted by atomic mass is 9.94. The highest BCUT2D eigenvalue weighted by Gasteiger charge is 2.21. The third-order valence-corrected chi connectivity index (χ3v) is 3.68. The molecule has 3 rings (SSSR count). The van der Waals surface area contributed by atoms with E-state index in [1.54, 1.807) is 0 Å². The average Bonchev–Trinajstić information content (AvgIpc) is 2.76. The number of benzene rings is 1. The molecular formula is C16H19NO2. The van der Waals surface area contributed by atoms with Gasteiger partial charge in [0.05, 0.1) is 11.7 Å². The molecule has 0 aliphatic heterocycles. The second-order valence-electron chi connectivity index (χ2n) is 5.47. The summed E-state index contributed by atoms with van der Waals surface area (Å²) in [5.41, 5.74) is 4.37. The summed E-state index contributed by atoms with van der Waals surface area (Å²) in [5.74, 6) is -0.215. The fourth-order valence-corrected chi connectivity index (χ4v) is 2.91. The van der Waals surface area contributed by atoms with Crippen molar-refractivity contribution in [2.24, 2.45) is 0 Å². The average molecular weight is 257 g/mol. The van der Waals surface area contributed by atoms with Gasteiger partial charge in [0.2, 0.25) is 0 Å². The molecule has 1 aliphatic rings. The normalized spacial score (nSPS) is 14.7. The van der Waals surface area contributed by atoms with Crippen molar-refractivity contribution in [2.75, 3.05) is 0 Å². The second-order valence-corrected chi connectivity index (χ2v) is 5.47. The van der Waals surface area contributed by atoms with Gasteiger partial charge >= 0.3 is 5.97 Å². The van der Waals surface area contributed by atoms with Gasteiger partial charge in [-0.1, -0.05) is 6.07 Å². The molecule has 1 aliphatic carbocycles. The Kier molecular flexibility index (Phi) is 3.05. The number of hydrogen-bond donors (Lipinski definition) is 1. The summed E-state index contributed by atoms with van der Waals surface area (Å²) in [6.45, 7) is 3.76. The van der Waals surface area contributed by atoms with Crippen molar-refractivity contribution in [3.63, 3.8) is 0 Å². The lowest BCUT2D eigenvalue weighted by Crippen LogP contribution is -2.12. The number of hydrogen-bond acceptors (Lipinski definition) is 2. The molecule has 2 aromatic rings. The molecule has 1 aromatic heterocycles. The van der Waals surface area contributed by atoms with Crippen LogP contribution in [0.5, 0.6) is 0 Å². The molecule has 1 N–H and O–H groups in total. The molecule has 19 heavy (non-hydrogen) atoms. The number of aromatic amines is 1. The SMILES string of the molecule is CC(C)OC(=O)c1cccc2[nH]c3c(c12)CCCC3. The largest absolute Gasteiger partial charge is 0.459 e. The van der Waals surface area contributed by atoms with Crippen LogP contribution in [-0.4, -0.2) is 17.1 Å². The smallest absolute Gasteiger partial charge is 0.339 e. The quantitative estimate of drug-likeness (QED) is 0.835. The van der Waals surface area contributed by atoms with E-state index in [9.17, 15) is 4.79 Å². The van der Waals surface area contributed by atoms with Gasteiger partial charge in [-0.05, 0) is 57.2 Å². The molecule has 0 radical (unpaired) electrons. The first kappa shape index (κ1) is 12.3. The van der Waals surface area contributed by atoms with Crippen LogP contribution in [0, 0.1) is 0 Å². The molecule has 0 saturated carbocycles. The zero-order valence-electron chi connectivity index (χ0n) is 11.5. The molecular weight excluding hydrogens is 238 g/mol. The summed E-state index contributed by atoms with van der Waals surface area (Å²) in [6.07, 6.45) is 4.49. The molecule has 0 fully saturated rings. The van der Waals surface area contributed by atoms with Crippen molar-refractivity contribution in [1.82, 2.24) is 4.98 Å². The zero-order valence-corrected chi connectivity index (χ0v) is 11.5. The number of carbonyl (C=O) groups excluding carboxylic acids is 1. The van der Waals surface area contributed by atoms with Crippen molar-refractivity contribution in [3.05, 3.63) is 35.0 Å². The van der Waals surface area contributed by atoms with E-state index in [0.29, 0.717) is 5.56 Å². The summed E-state index contributed by atoms with van der Waals surface area (Å²) >= 11 is 0. The number of H-pyrrole nitrogens is 1. The van der Waals surface area contributed by atoms with Crippen molar-refractivity contribution < 1.29 is 9.53 Å². The Balaban J connectivity index is 2.14. The van der Waals surface area contributed by atoms with Gasteiger partial charge in [0, 0.05) is 16.6 Å². The maximum Gasteiger partial charge on any atom is 0.339 e. The van der Waals surface area contributed by atoms with Crippen LogP contribution < -0.4 is 0 Å². The van der Waals surface area contributed by atoms with Crippen molar-refractivity contribution >= 4 is 16.9 Å². The molecule has 0 saturated heterocycles. The van der Waals surface area contributed by atoms with Gasteiger partial charge in [-0.15, -0.1) is 0 Å². The summed E-state index contributed by atoms with van der Waals surface area (Å²) in [5, 5.41) is 1.07. The first-order chi connectivity index (χ1) is 9.16. The Morgan fingerprint density at radius 1 is 1.26 bits per heavy atom. The Labute approximate surface area is 113 Å². The fourth-order valence-electron chi connectivity index (χ4n) is 2.91. The standard InChI is InChI=1S/C16H19NO2/c1-10(2)19-16(18)12-7-5-9-14-15(12)11-6-3-4-8-13(11)17-14/h5,7,9-10,17H,3-4,6,8H2,1-2H3. The molecule has 0 amide bonds. The van der Waals surface area contributed by atoms with Crippen molar-refractivity contribution in [3.8, 4) is 0 Å². The molecule has 100 valence electrons. The molecule has 0 bridgehead atoms. The lowest BCUT2D eigenvalue weighted by Gasteiger charge is -2.13. The van der Waals surface area contributed by atoms with Crippen LogP contribution in [0.4, 0.5) is 0 Å². The first-order valence-electron chi connectivity index (χ1n) is 7.00. The van der Waals surface area contributed by atoms with Crippen LogP contribution in [0.3, 0.4) is 0 Å². The minimum atomic E-state index is -0.215. The van der Waals surface area contributed by atoms with Crippen LogP contribution in [0.15, 0.2) is 18.2 Å². The van der Waals surface area contributed by atoms with E-state index in [4.69, 9.17) is 4.74 Å². The van der Waals surface area contributed by atoms with E-state index in [-0.39, 0.29) is 12.1 Å². The fraction of sp³-hybridized carbons (Fsp3) is 0.438. The number of esters is 1. The van der Waals surface area contributed by atoms with Crippen LogP contribution >= 0.6 is 0 Å². The third kappa shape index (κ3) is 2.14. The number of ether oxygens (including phenoxy) is 1. The maximum atomic E-state index is 12.2. The summed E-state index contributed by atoms with van der Waals surface area (Å²) in [7, 11) is 0. The first-order valence-corrected chi connectivity index (χ1v) is 7.00. The van der Waals surface area contributed by atoms with Gasteiger partial charge in [0.25, 0.3) is 0 Å². The van der Waals surface area contributed by atoms with E-state index in [2.05, 4.69) is 4.98 Å². The van der Waals surface area contributed by atoms with Crippen molar-refractivity contribution in [2.45, 2.75) is 45.6 Å². The Bertz CT molecular complexity index is 625. The molecule has 0 atom stereocenters. The molecule has 0 unspecified atom stereocenters. The number of rotatable bonds is 2. The van der Waals surface area contributed by atoms with Crippen LogP contribution in [-0.2, 0) is 17.6 Å². The van der Waals surface area contributed by atoms with Crippen LogP contribution in [0.1, 0.15) is 48.3 Å². The maximum absolute atomic E-state index is 12.2. The molecule has 3 heteroatoms. The highest BCUT2D eigenvalue weighted by atomic mass is 16.5. The van der Waals surface area contributed by atoms with Crippen LogP contribution in [0.2, 0.25) is 0 Å². The zero-order chi connectivity index (χ0) is 13.4. The van der Waals surface area contributed by atoms with E-state index < -0.39 is 0 Å². The molecule has 3 nitrogen and oxygen atoms in total. The Morgan fingerprint density at radius 2 is 2.05 bits per heavy atom. The number of aromatic nitrogens is 1. The van der Waals surface area contributed by atoms with E-state index in [1.165, 1.54) is 24.1 Å². The van der Waals surface area contributed by atoms with E-state index in [0.717, 1.165) is 23.7 Å². The van der Waals surface area contributed by atoms with Gasteiger partial charge in [-0.3, -0.25) is 0 Å². The predicted octanol–water partition coefficient (Wildman–Crippen LogP) is 3.61. The lowest BCUT2D eigenvalue weighted by molar-refractivity contribution is 0.0380. The van der Waals surface area contributed by atoms with Gasteiger partial charge in [-0.2, -0.15) is 0 Å². The molecule has 0 spiro atoms. The minimum absolute atomic E-state index is 0.0856. The topological polar surface area (TPSA) is 42.1 Å².